The highest BCUT2D eigenvalue weighted by Gasteiger charge is 2.27. The number of pyridine rings is 1. The molecule has 38 heavy (non-hydrogen) atoms. The van der Waals surface area contributed by atoms with Crippen molar-refractivity contribution in [2.45, 2.75) is 64.6 Å². The lowest BCUT2D eigenvalue weighted by atomic mass is 9.90. The summed E-state index contributed by atoms with van der Waals surface area (Å²) in [7, 11) is 0. The van der Waals surface area contributed by atoms with Gasteiger partial charge in [0.25, 0.3) is 5.91 Å². The van der Waals surface area contributed by atoms with Crippen molar-refractivity contribution < 1.29 is 9.53 Å². The second-order valence-corrected chi connectivity index (χ2v) is 9.47. The summed E-state index contributed by atoms with van der Waals surface area (Å²) in [5, 5.41) is 19.2. The van der Waals surface area contributed by atoms with Crippen LogP contribution >= 0.6 is 24.8 Å². The number of carbonyl (C=O) groups is 1. The van der Waals surface area contributed by atoms with Crippen molar-refractivity contribution in [2.24, 2.45) is 0 Å². The monoisotopic (exact) mass is 561 g/mol. The lowest BCUT2D eigenvalue weighted by Crippen LogP contribution is -2.49. The topological polar surface area (TPSA) is 125 Å². The molecule has 0 bridgehead atoms. The van der Waals surface area contributed by atoms with E-state index in [-0.39, 0.29) is 54.7 Å². The van der Waals surface area contributed by atoms with E-state index in [1.54, 1.807) is 6.20 Å². The molecule has 206 valence electrons. The standard InChI is InChI=1S/C27H35N7O2.2ClH/c1-17(2)36-15-14-30-27(35)26-32-20-12-11-18(3)16-19(20)25(34-26)33-22-9-5-4-8-21(22)31-24(28)23-10-6-7-13-29-23;;/h6-7,10-13,16-17,21-22H,4-5,8-9,14-15H2,1-3H3,(H2,28,31)(H,30,35)(H,32,33,34);2*1H/t21-,22+;;/m1../s1. The van der Waals surface area contributed by atoms with E-state index >= 15 is 0 Å². The second-order valence-electron chi connectivity index (χ2n) is 9.47. The fourth-order valence-electron chi connectivity index (χ4n) is 4.41. The molecule has 1 aliphatic rings. The minimum atomic E-state index is -0.330. The molecule has 0 unspecified atom stereocenters. The van der Waals surface area contributed by atoms with Gasteiger partial charge in [-0.25, -0.2) is 9.97 Å². The number of amides is 1. The highest BCUT2D eigenvalue weighted by Crippen LogP contribution is 2.27. The lowest BCUT2D eigenvalue weighted by Gasteiger charge is -2.34. The molecule has 9 nitrogen and oxygen atoms in total. The van der Waals surface area contributed by atoms with Crippen LogP contribution < -0.4 is 16.0 Å². The molecule has 0 spiro atoms. The Bertz CT molecular complexity index is 1210. The molecule has 1 saturated carbocycles. The van der Waals surface area contributed by atoms with Gasteiger partial charge in [0.15, 0.2) is 0 Å². The van der Waals surface area contributed by atoms with E-state index < -0.39 is 0 Å². The predicted octanol–water partition coefficient (Wildman–Crippen LogP) is 4.67. The Morgan fingerprint density at radius 3 is 2.58 bits per heavy atom. The zero-order valence-electron chi connectivity index (χ0n) is 22.0. The quantitative estimate of drug-likeness (QED) is 0.170. The minimum Gasteiger partial charge on any atom is -0.377 e. The molecule has 4 N–H and O–H groups in total. The van der Waals surface area contributed by atoms with E-state index in [2.05, 4.69) is 30.9 Å². The SMILES string of the molecule is Cc1ccc2nc(C(=O)NCCOC(C)C)nc(N[C@H]3CCCC[C@H]3NC(=N)c3ccccn3)c2c1.Cl.Cl. The third kappa shape index (κ3) is 8.24. The van der Waals surface area contributed by atoms with Crippen molar-refractivity contribution in [2.75, 3.05) is 18.5 Å². The number of aromatic nitrogens is 3. The van der Waals surface area contributed by atoms with Gasteiger partial charge >= 0.3 is 0 Å². The van der Waals surface area contributed by atoms with Gasteiger partial charge in [-0.15, -0.1) is 24.8 Å². The van der Waals surface area contributed by atoms with E-state index in [1.807, 2.05) is 57.2 Å². The Balaban J connectivity index is 0.00000253. The molecule has 0 radical (unpaired) electrons. The lowest BCUT2D eigenvalue weighted by molar-refractivity contribution is 0.0743. The molecule has 0 saturated heterocycles. The van der Waals surface area contributed by atoms with E-state index in [0.717, 1.165) is 36.6 Å². The summed E-state index contributed by atoms with van der Waals surface area (Å²) >= 11 is 0. The maximum absolute atomic E-state index is 12.8. The largest absolute Gasteiger partial charge is 0.377 e. The van der Waals surface area contributed by atoms with Crippen LogP contribution in [0.3, 0.4) is 0 Å². The number of rotatable bonds is 9. The number of halogens is 2. The molecule has 2 heterocycles. The average Bonchev–Trinajstić information content (AvgIpc) is 2.88. The molecule has 1 aromatic carbocycles. The summed E-state index contributed by atoms with van der Waals surface area (Å²) in [4.78, 5) is 26.3. The molecule has 11 heteroatoms. The molecule has 1 fully saturated rings. The Morgan fingerprint density at radius 2 is 1.87 bits per heavy atom. The highest BCUT2D eigenvalue weighted by molar-refractivity contribution is 5.97. The summed E-state index contributed by atoms with van der Waals surface area (Å²) < 4.78 is 5.51. The summed E-state index contributed by atoms with van der Waals surface area (Å²) in [6.07, 6.45) is 5.82. The molecule has 1 aliphatic carbocycles. The smallest absolute Gasteiger partial charge is 0.289 e. The van der Waals surface area contributed by atoms with E-state index in [4.69, 9.17) is 10.1 Å². The first-order chi connectivity index (χ1) is 17.4. The van der Waals surface area contributed by atoms with Crippen LogP contribution in [0.2, 0.25) is 0 Å². The summed E-state index contributed by atoms with van der Waals surface area (Å²) in [6.45, 7) is 6.76. The number of carbonyl (C=O) groups excluding carboxylic acids is 1. The summed E-state index contributed by atoms with van der Waals surface area (Å²) in [6, 6.07) is 11.6. The van der Waals surface area contributed by atoms with Crippen molar-refractivity contribution in [3.63, 3.8) is 0 Å². The summed E-state index contributed by atoms with van der Waals surface area (Å²) in [5.41, 5.74) is 2.42. The molecular weight excluding hydrogens is 525 g/mol. The van der Waals surface area contributed by atoms with Gasteiger partial charge in [-0.2, -0.15) is 0 Å². The Labute approximate surface area is 236 Å². The maximum atomic E-state index is 12.8. The van der Waals surface area contributed by atoms with Crippen molar-refractivity contribution in [3.05, 3.63) is 59.7 Å². The third-order valence-corrected chi connectivity index (χ3v) is 6.23. The second kappa shape index (κ2) is 14.8. The van der Waals surface area contributed by atoms with E-state index in [9.17, 15) is 4.79 Å². The average molecular weight is 563 g/mol. The molecule has 0 aliphatic heterocycles. The van der Waals surface area contributed by atoms with Crippen LogP contribution in [-0.2, 0) is 4.74 Å². The Kier molecular flexibility index (Phi) is 12.2. The number of anilines is 1. The number of fused-ring (bicyclic) bond motifs is 1. The highest BCUT2D eigenvalue weighted by atomic mass is 35.5. The minimum absolute atomic E-state index is 0. The zero-order valence-corrected chi connectivity index (χ0v) is 23.6. The fraction of sp³-hybridized carbons (Fsp3) is 0.444. The van der Waals surface area contributed by atoms with Gasteiger partial charge in [0.1, 0.15) is 17.3 Å². The summed E-state index contributed by atoms with van der Waals surface area (Å²) in [5.74, 6) is 0.736. The number of nitrogens with one attached hydrogen (secondary N) is 4. The van der Waals surface area contributed by atoms with Crippen molar-refractivity contribution in [3.8, 4) is 0 Å². The van der Waals surface area contributed by atoms with Crippen LogP contribution in [0.15, 0.2) is 42.6 Å². The first kappa shape index (κ1) is 31.2. The normalized spacial score (nSPS) is 16.7. The Hall–Kier alpha value is -3.01. The molecule has 4 rings (SSSR count). The molecule has 2 aromatic heterocycles. The van der Waals surface area contributed by atoms with Gasteiger partial charge in [-0.1, -0.05) is 30.5 Å². The third-order valence-electron chi connectivity index (χ3n) is 6.23. The number of hydrogen-bond acceptors (Lipinski definition) is 7. The van der Waals surface area contributed by atoms with Crippen LogP contribution in [0, 0.1) is 12.3 Å². The van der Waals surface area contributed by atoms with Gasteiger partial charge in [-0.3, -0.25) is 15.2 Å². The van der Waals surface area contributed by atoms with Gasteiger partial charge in [0, 0.05) is 30.2 Å². The number of benzene rings is 1. The van der Waals surface area contributed by atoms with Gasteiger partial charge < -0.3 is 20.7 Å². The van der Waals surface area contributed by atoms with Crippen molar-refractivity contribution >= 4 is 53.3 Å². The number of hydrogen-bond donors (Lipinski definition) is 4. The van der Waals surface area contributed by atoms with Crippen LogP contribution in [0.5, 0.6) is 0 Å². The number of ether oxygens (including phenoxy) is 1. The first-order valence-corrected chi connectivity index (χ1v) is 12.6. The molecular formula is C27H37Cl2N7O2. The zero-order chi connectivity index (χ0) is 25.5. The van der Waals surface area contributed by atoms with E-state index in [1.165, 1.54) is 0 Å². The van der Waals surface area contributed by atoms with Gasteiger partial charge in [0.05, 0.1) is 18.2 Å². The fourth-order valence-corrected chi connectivity index (χ4v) is 4.41. The van der Waals surface area contributed by atoms with Crippen LogP contribution in [0.4, 0.5) is 5.82 Å². The number of amidine groups is 1. The maximum Gasteiger partial charge on any atom is 0.289 e. The first-order valence-electron chi connectivity index (χ1n) is 12.6. The van der Waals surface area contributed by atoms with Gasteiger partial charge in [-0.05, 0) is 57.9 Å². The Morgan fingerprint density at radius 1 is 1.11 bits per heavy atom. The number of aryl methyl sites for hydroxylation is 1. The van der Waals surface area contributed by atoms with Crippen molar-refractivity contribution in [1.82, 2.24) is 25.6 Å². The molecule has 3 aromatic rings. The van der Waals surface area contributed by atoms with Crippen molar-refractivity contribution in [1.29, 1.82) is 5.41 Å². The predicted molar refractivity (Wildman–Crippen MR) is 156 cm³/mol. The van der Waals surface area contributed by atoms with Crippen LogP contribution in [0.25, 0.3) is 10.9 Å². The molecule has 1 amide bonds. The van der Waals surface area contributed by atoms with E-state index in [0.29, 0.717) is 36.0 Å². The van der Waals surface area contributed by atoms with Gasteiger partial charge in [0.2, 0.25) is 5.82 Å². The van der Waals surface area contributed by atoms with Crippen LogP contribution in [0.1, 0.15) is 61.4 Å². The van der Waals surface area contributed by atoms with Crippen LogP contribution in [-0.4, -0.2) is 58.0 Å². The number of nitrogens with zero attached hydrogens (tertiary/aromatic N) is 3. The molecule has 2 atom stereocenters.